The van der Waals surface area contributed by atoms with E-state index in [0.29, 0.717) is 42.5 Å². The Morgan fingerprint density at radius 2 is 1.84 bits per heavy atom. The van der Waals surface area contributed by atoms with Crippen LogP contribution in [0.4, 0.5) is 10.1 Å². The van der Waals surface area contributed by atoms with Gasteiger partial charge >= 0.3 is 11.9 Å². The Balaban J connectivity index is 1.97. The lowest BCUT2D eigenvalue weighted by atomic mass is 9.84. The molecule has 1 aromatic heterocycles. The van der Waals surface area contributed by atoms with Gasteiger partial charge in [0, 0.05) is 30.4 Å². The molecule has 1 aliphatic heterocycles. The number of piperidine rings is 1. The molecule has 0 unspecified atom stereocenters. The third-order valence-corrected chi connectivity index (χ3v) is 12.2. The number of aliphatic carboxylic acids is 1. The molecule has 6 N–H and O–H groups in total. The molecule has 0 bridgehead atoms. The number of hydrogen-bond acceptors (Lipinski definition) is 9. The number of hydrogen-bond donors (Lipinski definition) is 5. The fourth-order valence-electron chi connectivity index (χ4n) is 7.43. The van der Waals surface area contributed by atoms with Gasteiger partial charge in [-0.05, 0) is 89.0 Å². The third-order valence-electron chi connectivity index (χ3n) is 11.3. The number of thiazole rings is 1. The van der Waals surface area contributed by atoms with Crippen LogP contribution in [-0.4, -0.2) is 81.9 Å². The largest absolute Gasteiger partial charge is 0.481 e. The number of nitrogen functional groups attached to an aromatic ring is 1. The van der Waals surface area contributed by atoms with Gasteiger partial charge in [0.25, 0.3) is 5.91 Å². The Bertz CT molecular complexity index is 1710. The van der Waals surface area contributed by atoms with E-state index in [1.165, 1.54) is 23.5 Å². The van der Waals surface area contributed by atoms with Crippen LogP contribution in [0.15, 0.2) is 23.6 Å². The van der Waals surface area contributed by atoms with E-state index in [0.717, 1.165) is 50.8 Å². The fraction of sp³-hybridized carbons (Fsp3) is 0.682. The Morgan fingerprint density at radius 1 is 1.12 bits per heavy atom. The molecule has 324 valence electrons. The summed E-state index contributed by atoms with van der Waals surface area (Å²) < 4.78 is 22.5. The van der Waals surface area contributed by atoms with E-state index in [1.54, 1.807) is 25.3 Å². The zero-order chi connectivity index (χ0) is 43.2. The average Bonchev–Trinajstić information content (AvgIpc) is 3.67. The summed E-state index contributed by atoms with van der Waals surface area (Å²) in [5.41, 5.74) is 6.09. The van der Waals surface area contributed by atoms with Crippen molar-refractivity contribution in [2.24, 2.45) is 23.2 Å². The maximum atomic E-state index is 14.8. The first-order valence-corrected chi connectivity index (χ1v) is 22.2. The number of amides is 3. The highest BCUT2D eigenvalue weighted by Gasteiger charge is 2.40. The molecule has 3 amide bonds. The topological polar surface area (TPSA) is 176 Å². The number of carboxylic acids is 1. The molecule has 12 nitrogen and oxygen atoms in total. The zero-order valence-electron chi connectivity index (χ0n) is 36.3. The predicted molar refractivity (Wildman–Crippen MR) is 229 cm³/mol. The Hall–Kier alpha value is -3.75. The number of unbranched alkanes of at least 4 members (excludes halogenated alkanes) is 3. The maximum Gasteiger partial charge on any atom is 0.409 e. The second-order valence-electron chi connectivity index (χ2n) is 17.0. The van der Waals surface area contributed by atoms with Crippen LogP contribution < -0.4 is 21.7 Å². The first-order valence-electron chi connectivity index (χ1n) is 21.3. The van der Waals surface area contributed by atoms with Gasteiger partial charge in [-0.2, -0.15) is 4.58 Å². The second-order valence-corrected chi connectivity index (χ2v) is 17.9. The Labute approximate surface area is 349 Å². The lowest BCUT2D eigenvalue weighted by Crippen LogP contribution is -2.56. The molecular formula is C44H70FN6O6S+. The minimum absolute atomic E-state index is 0.0000825. The molecule has 1 saturated heterocycles. The highest BCUT2D eigenvalue weighted by atomic mass is 32.1. The van der Waals surface area contributed by atoms with Gasteiger partial charge in [-0.1, -0.05) is 66.9 Å². The van der Waals surface area contributed by atoms with Crippen molar-refractivity contribution >= 4 is 46.4 Å². The van der Waals surface area contributed by atoms with E-state index in [2.05, 4.69) is 43.6 Å². The van der Waals surface area contributed by atoms with Crippen LogP contribution in [0, 0.1) is 29.0 Å². The minimum Gasteiger partial charge on any atom is -0.481 e. The summed E-state index contributed by atoms with van der Waals surface area (Å²) in [4.78, 5) is 59.0. The van der Waals surface area contributed by atoms with Crippen LogP contribution in [0.3, 0.4) is 0 Å². The molecule has 0 spiro atoms. The van der Waals surface area contributed by atoms with Gasteiger partial charge in [0.05, 0.1) is 23.6 Å². The smallest absolute Gasteiger partial charge is 0.409 e. The Morgan fingerprint density at radius 3 is 2.45 bits per heavy atom. The number of aromatic nitrogens is 1. The number of nitrogens with two attached hydrogens (primary N) is 1. The van der Waals surface area contributed by atoms with E-state index >= 15 is 0 Å². The quantitative estimate of drug-likeness (QED) is 0.0333. The number of nitrogens with zero attached hydrogens (tertiary/aromatic N) is 2. The third kappa shape index (κ3) is 14.2. The van der Waals surface area contributed by atoms with Crippen LogP contribution in [0.1, 0.15) is 147 Å². The van der Waals surface area contributed by atoms with Crippen molar-refractivity contribution in [2.45, 2.75) is 151 Å². The predicted octanol–water partition coefficient (Wildman–Crippen LogP) is 7.31. The lowest BCUT2D eigenvalue weighted by molar-refractivity contribution is -0.456. The molecular weight excluding hydrogens is 760 g/mol. The molecule has 0 radical (unpaired) electrons. The van der Waals surface area contributed by atoms with Gasteiger partial charge in [-0.15, -0.1) is 11.3 Å². The summed E-state index contributed by atoms with van der Waals surface area (Å²) in [6, 6.07) is 2.70. The SMILES string of the molecule is CCCCCC[N+](C(=O)[C@@H](NC(=O)[C@H]1C[C@H](C)CCN1)[C@@H](C)CC)=C(C[C@@H](OCC)c1nc(C(=O)N[C@@H](Cc2ccc(N)c(F)c2)CC(C)(C)C(=O)O)cs1)C(C)C. The molecule has 14 heteroatoms. The number of ether oxygens (including phenoxy) is 1. The molecule has 2 aromatic rings. The molecule has 1 aromatic carbocycles. The van der Waals surface area contributed by atoms with Gasteiger partial charge < -0.3 is 31.5 Å². The summed E-state index contributed by atoms with van der Waals surface area (Å²) in [7, 11) is 0. The average molecular weight is 830 g/mol. The number of halogens is 1. The van der Waals surface area contributed by atoms with Crippen LogP contribution in [-0.2, 0) is 25.5 Å². The number of rotatable bonds is 23. The second kappa shape index (κ2) is 23.1. The summed E-state index contributed by atoms with van der Waals surface area (Å²) >= 11 is 1.28. The van der Waals surface area contributed by atoms with Crippen molar-refractivity contribution in [1.82, 2.24) is 20.9 Å². The van der Waals surface area contributed by atoms with Crippen molar-refractivity contribution in [1.29, 1.82) is 0 Å². The number of anilines is 1. The van der Waals surface area contributed by atoms with Gasteiger partial charge in [-0.3, -0.25) is 14.4 Å². The zero-order valence-corrected chi connectivity index (χ0v) is 37.1. The maximum absolute atomic E-state index is 14.8. The summed E-state index contributed by atoms with van der Waals surface area (Å²) in [6.45, 7) is 19.2. The first-order chi connectivity index (χ1) is 27.4. The van der Waals surface area contributed by atoms with Crippen molar-refractivity contribution in [3.8, 4) is 0 Å². The molecule has 2 heterocycles. The van der Waals surface area contributed by atoms with Crippen LogP contribution in [0.25, 0.3) is 0 Å². The number of carboxylic acid groups (broad SMARTS) is 1. The first kappa shape index (κ1) is 48.6. The van der Waals surface area contributed by atoms with Crippen molar-refractivity contribution in [3.63, 3.8) is 0 Å². The van der Waals surface area contributed by atoms with Gasteiger partial charge in [0.15, 0.2) is 18.3 Å². The van der Waals surface area contributed by atoms with Gasteiger partial charge in [-0.25, -0.2) is 14.2 Å². The number of carbonyl (C=O) groups excluding carboxylic acids is 3. The van der Waals surface area contributed by atoms with Gasteiger partial charge in [0.1, 0.15) is 22.6 Å². The standard InChI is InChI=1S/C44H69FN6O6S/c1-10-13-14-15-20-51(42(54)38(29(7)11-2)50-39(52)34-21-28(6)18-19-47-34)36(27(4)5)24-37(57-12-3)41-49-35(26-58-41)40(53)48-31(25-44(8,9)43(55)56)22-30-16-17-33(46)32(45)23-30/h16-17,23,26-29,31,34,37-38,47H,10-15,18-22,24-25,46H2,1-9H3,(H2-,48,50,52,53,55,56)/p+1/t28-,29+,31+,34-,37-,38+/m1/s1. The van der Waals surface area contributed by atoms with Crippen molar-refractivity contribution in [3.05, 3.63) is 45.7 Å². The monoisotopic (exact) mass is 830 g/mol. The van der Waals surface area contributed by atoms with Crippen LogP contribution in [0.2, 0.25) is 0 Å². The number of nitrogens with one attached hydrogen (secondary N) is 3. The van der Waals surface area contributed by atoms with Crippen molar-refractivity contribution < 1.29 is 38.0 Å². The number of benzene rings is 1. The summed E-state index contributed by atoms with van der Waals surface area (Å²) in [5, 5.41) is 21.5. The lowest BCUT2D eigenvalue weighted by Gasteiger charge is -2.29. The minimum atomic E-state index is -1.18. The van der Waals surface area contributed by atoms with Gasteiger partial charge in [0.2, 0.25) is 5.91 Å². The van der Waals surface area contributed by atoms with E-state index < -0.39 is 41.3 Å². The molecule has 1 fully saturated rings. The van der Waals surface area contributed by atoms with E-state index in [1.807, 2.05) is 25.3 Å². The van der Waals surface area contributed by atoms with E-state index in [9.17, 15) is 28.7 Å². The highest BCUT2D eigenvalue weighted by Crippen LogP contribution is 2.29. The highest BCUT2D eigenvalue weighted by molar-refractivity contribution is 7.09. The normalized spacial score (nSPS) is 18.5. The summed E-state index contributed by atoms with van der Waals surface area (Å²) in [5.74, 6) is -2.09. The molecule has 0 saturated carbocycles. The Kier molecular flexibility index (Phi) is 19.4. The molecule has 3 rings (SSSR count). The summed E-state index contributed by atoms with van der Waals surface area (Å²) in [6.07, 6.45) is 6.38. The molecule has 0 aliphatic carbocycles. The molecule has 6 atom stereocenters. The van der Waals surface area contributed by atoms with E-state index in [-0.39, 0.29) is 53.9 Å². The molecule has 58 heavy (non-hydrogen) atoms. The van der Waals surface area contributed by atoms with Crippen molar-refractivity contribution in [2.75, 3.05) is 25.4 Å². The number of carbonyl (C=O) groups is 4. The van der Waals surface area contributed by atoms with Crippen LogP contribution >= 0.6 is 11.3 Å². The molecule has 1 aliphatic rings. The van der Waals surface area contributed by atoms with Crippen LogP contribution in [0.5, 0.6) is 0 Å². The fourth-order valence-corrected chi connectivity index (χ4v) is 8.28. The van der Waals surface area contributed by atoms with E-state index in [4.69, 9.17) is 15.5 Å².